The summed E-state index contributed by atoms with van der Waals surface area (Å²) >= 11 is 1.86. The summed E-state index contributed by atoms with van der Waals surface area (Å²) in [6.07, 6.45) is 9.66. The van der Waals surface area contributed by atoms with E-state index < -0.39 is 11.4 Å². The molecule has 7 nitrogen and oxygen atoms in total. The highest BCUT2D eigenvalue weighted by Gasteiger charge is 2.31. The molecule has 0 spiro atoms. The van der Waals surface area contributed by atoms with Crippen LogP contribution in [0, 0.1) is 11.7 Å². The van der Waals surface area contributed by atoms with Crippen LogP contribution in [0.25, 0.3) is 11.0 Å². The largest absolute Gasteiger partial charge is 0.353 e. The predicted molar refractivity (Wildman–Crippen MR) is 127 cm³/mol. The second-order valence-electron chi connectivity index (χ2n) is 9.69. The molecule has 1 N–H and O–H groups in total. The summed E-state index contributed by atoms with van der Waals surface area (Å²) in [6, 6.07) is 1.01. The molecule has 1 saturated heterocycles. The van der Waals surface area contributed by atoms with Gasteiger partial charge >= 0.3 is 5.69 Å². The van der Waals surface area contributed by atoms with E-state index in [1.165, 1.54) is 10.6 Å². The zero-order valence-electron chi connectivity index (χ0n) is 18.8. The summed E-state index contributed by atoms with van der Waals surface area (Å²) in [5, 5.41) is 3.36. The first-order valence-corrected chi connectivity index (χ1v) is 13.4. The number of hydrogen-bond acceptors (Lipinski definition) is 5. The first-order valence-electron chi connectivity index (χ1n) is 12.2. The predicted octanol–water partition coefficient (Wildman–Crippen LogP) is 3.56. The third kappa shape index (κ3) is 4.48. The van der Waals surface area contributed by atoms with E-state index >= 15 is 0 Å². The van der Waals surface area contributed by atoms with Crippen molar-refractivity contribution in [2.75, 3.05) is 11.5 Å². The van der Waals surface area contributed by atoms with Gasteiger partial charge in [0.1, 0.15) is 11.5 Å². The van der Waals surface area contributed by atoms with Crippen molar-refractivity contribution in [3.8, 4) is 0 Å². The van der Waals surface area contributed by atoms with Crippen LogP contribution in [0.15, 0.2) is 21.9 Å². The van der Waals surface area contributed by atoms with Gasteiger partial charge in [0.05, 0.1) is 11.6 Å². The van der Waals surface area contributed by atoms with Gasteiger partial charge < -0.3 is 5.32 Å². The molecule has 33 heavy (non-hydrogen) atoms. The van der Waals surface area contributed by atoms with E-state index in [2.05, 4.69) is 10.3 Å². The lowest BCUT2D eigenvalue weighted by Crippen LogP contribution is -2.47. The molecule has 0 radical (unpaired) electrons. The van der Waals surface area contributed by atoms with Crippen LogP contribution in [-0.2, 0) is 4.79 Å². The highest BCUT2D eigenvalue weighted by Crippen LogP contribution is 2.31. The average molecular weight is 475 g/mol. The van der Waals surface area contributed by atoms with Crippen molar-refractivity contribution in [1.82, 2.24) is 19.4 Å². The molecule has 3 heterocycles. The second kappa shape index (κ2) is 9.60. The third-order valence-electron chi connectivity index (χ3n) is 7.61. The maximum absolute atomic E-state index is 14.0. The summed E-state index contributed by atoms with van der Waals surface area (Å²) in [5.41, 5.74) is -0.499. The minimum absolute atomic E-state index is 0.0342. The fourth-order valence-electron chi connectivity index (χ4n) is 5.78. The van der Waals surface area contributed by atoms with Gasteiger partial charge in [-0.25, -0.2) is 14.2 Å². The number of hydrogen-bond donors (Lipinski definition) is 1. The molecule has 1 amide bonds. The topological polar surface area (TPSA) is 86.0 Å². The molecule has 0 aromatic carbocycles. The number of aromatic nitrogens is 3. The van der Waals surface area contributed by atoms with Crippen molar-refractivity contribution in [3.05, 3.63) is 38.9 Å². The number of nitrogens with one attached hydrogen (secondary N) is 1. The Bertz CT molecular complexity index is 1140. The zero-order chi connectivity index (χ0) is 22.9. The van der Waals surface area contributed by atoms with Crippen LogP contribution in [0.5, 0.6) is 0 Å². The fourth-order valence-corrected chi connectivity index (χ4v) is 6.87. The van der Waals surface area contributed by atoms with Gasteiger partial charge in [0.2, 0.25) is 5.91 Å². The van der Waals surface area contributed by atoms with E-state index in [1.807, 2.05) is 11.8 Å². The Morgan fingerprint density at radius 2 is 1.64 bits per heavy atom. The lowest BCUT2D eigenvalue weighted by atomic mass is 9.90. The van der Waals surface area contributed by atoms with Gasteiger partial charge in [0.25, 0.3) is 5.56 Å². The Hall–Kier alpha value is -2.16. The lowest BCUT2D eigenvalue weighted by molar-refractivity contribution is -0.125. The highest BCUT2D eigenvalue weighted by atomic mass is 32.2. The van der Waals surface area contributed by atoms with E-state index in [0.29, 0.717) is 12.8 Å². The molecule has 9 heteroatoms. The van der Waals surface area contributed by atoms with Crippen molar-refractivity contribution in [2.24, 2.45) is 5.92 Å². The minimum atomic E-state index is -0.575. The quantitative estimate of drug-likeness (QED) is 0.732. The Morgan fingerprint density at radius 1 is 0.970 bits per heavy atom. The van der Waals surface area contributed by atoms with E-state index in [9.17, 15) is 18.8 Å². The van der Waals surface area contributed by atoms with Crippen molar-refractivity contribution >= 4 is 28.7 Å². The molecule has 0 atom stereocenters. The van der Waals surface area contributed by atoms with Gasteiger partial charge in [-0.1, -0.05) is 12.8 Å². The van der Waals surface area contributed by atoms with E-state index in [4.69, 9.17) is 0 Å². The van der Waals surface area contributed by atoms with E-state index in [0.717, 1.165) is 69.1 Å². The molecule has 178 valence electrons. The van der Waals surface area contributed by atoms with Crippen LogP contribution in [0.1, 0.15) is 76.3 Å². The number of carbonyl (C=O) groups is 1. The van der Waals surface area contributed by atoms with Gasteiger partial charge in [-0.05, 0) is 68.9 Å². The Morgan fingerprint density at radius 3 is 2.33 bits per heavy atom. The van der Waals surface area contributed by atoms with Gasteiger partial charge in [-0.15, -0.1) is 0 Å². The minimum Gasteiger partial charge on any atom is -0.353 e. The fraction of sp³-hybridized carbons (Fsp3) is 0.667. The monoisotopic (exact) mass is 474 g/mol. The van der Waals surface area contributed by atoms with Gasteiger partial charge in [0, 0.05) is 24.0 Å². The second-order valence-corrected chi connectivity index (χ2v) is 10.9. The van der Waals surface area contributed by atoms with Gasteiger partial charge in [-0.3, -0.25) is 18.7 Å². The molecular weight excluding hydrogens is 443 g/mol. The molecule has 0 bridgehead atoms. The molecule has 3 aliphatic rings. The normalized spacial score (nSPS) is 24.9. The smallest absolute Gasteiger partial charge is 0.333 e. The maximum Gasteiger partial charge on any atom is 0.333 e. The van der Waals surface area contributed by atoms with Gasteiger partial charge in [0.15, 0.2) is 0 Å². The number of fused-ring (bicyclic) bond motifs is 1. The standard InChI is InChI=1S/C24H31FN4O3S/c25-16-13-20-21(26-14-16)28(19-9-11-33-12-10-19)24(32)29(23(20)31)18-7-5-17(6-8-18)27-22(30)15-3-1-2-4-15/h13-15,17-19H,1-12H2,(H,27,30)/t17-,18+. The summed E-state index contributed by atoms with van der Waals surface area (Å²) in [4.78, 5) is 43.6. The molecule has 2 aliphatic carbocycles. The molecule has 2 saturated carbocycles. The summed E-state index contributed by atoms with van der Waals surface area (Å²) < 4.78 is 17.0. The van der Waals surface area contributed by atoms with Crippen LogP contribution < -0.4 is 16.6 Å². The Labute approximate surface area is 196 Å². The van der Waals surface area contributed by atoms with Crippen LogP contribution in [0.3, 0.4) is 0 Å². The molecular formula is C24H31FN4O3S. The van der Waals surface area contributed by atoms with Crippen molar-refractivity contribution in [1.29, 1.82) is 0 Å². The summed E-state index contributed by atoms with van der Waals surface area (Å²) in [5.74, 6) is 1.61. The van der Waals surface area contributed by atoms with Crippen molar-refractivity contribution in [2.45, 2.75) is 82.3 Å². The molecule has 0 unspecified atom stereocenters. The van der Waals surface area contributed by atoms with E-state index in [1.54, 1.807) is 4.57 Å². The number of carbonyl (C=O) groups excluding carboxylic acids is 1. The molecule has 2 aromatic heterocycles. The third-order valence-corrected chi connectivity index (χ3v) is 8.66. The van der Waals surface area contributed by atoms with Crippen LogP contribution in [-0.4, -0.2) is 37.6 Å². The molecule has 2 aromatic rings. The number of rotatable bonds is 4. The first kappa shape index (κ1) is 22.6. The van der Waals surface area contributed by atoms with Crippen molar-refractivity contribution in [3.63, 3.8) is 0 Å². The van der Waals surface area contributed by atoms with E-state index in [-0.39, 0.29) is 46.7 Å². The summed E-state index contributed by atoms with van der Waals surface area (Å²) in [6.45, 7) is 0. The number of nitrogens with zero attached hydrogens (tertiary/aromatic N) is 3. The lowest BCUT2D eigenvalue weighted by Gasteiger charge is -2.32. The number of pyridine rings is 1. The molecule has 5 rings (SSSR count). The first-order chi connectivity index (χ1) is 16.0. The Balaban J connectivity index is 1.43. The molecule has 3 fully saturated rings. The number of thioether (sulfide) groups is 1. The highest BCUT2D eigenvalue weighted by molar-refractivity contribution is 7.99. The molecule has 1 aliphatic heterocycles. The van der Waals surface area contributed by atoms with Crippen molar-refractivity contribution < 1.29 is 9.18 Å². The number of halogens is 1. The van der Waals surface area contributed by atoms with Crippen LogP contribution in [0.4, 0.5) is 4.39 Å². The van der Waals surface area contributed by atoms with Gasteiger partial charge in [-0.2, -0.15) is 11.8 Å². The summed E-state index contributed by atoms with van der Waals surface area (Å²) in [7, 11) is 0. The zero-order valence-corrected chi connectivity index (χ0v) is 19.6. The average Bonchev–Trinajstić information content (AvgIpc) is 3.37. The Kier molecular flexibility index (Phi) is 6.58. The maximum atomic E-state index is 14.0. The SMILES string of the molecule is O=C(N[C@H]1CC[C@@H](n2c(=O)c3cc(F)cnc3n(C3CCSCC3)c2=O)CC1)C1CCCC1. The van der Waals surface area contributed by atoms with Crippen LogP contribution >= 0.6 is 11.8 Å². The van der Waals surface area contributed by atoms with Crippen LogP contribution in [0.2, 0.25) is 0 Å². The number of amides is 1.